The van der Waals surface area contributed by atoms with Crippen LogP contribution in [0.1, 0.15) is 19.3 Å². The van der Waals surface area contributed by atoms with E-state index in [1.54, 1.807) is 0 Å². The molecule has 0 unspecified atom stereocenters. The first-order valence-electron chi connectivity index (χ1n) is 7.37. The predicted molar refractivity (Wildman–Crippen MR) is 85.4 cm³/mol. The van der Waals surface area contributed by atoms with E-state index >= 15 is 0 Å². The molecule has 0 amide bonds. The molecule has 1 atom stereocenters. The van der Waals surface area contributed by atoms with Gasteiger partial charge in [-0.25, -0.2) is 23.1 Å². The van der Waals surface area contributed by atoms with Crippen LogP contribution in [0.3, 0.4) is 0 Å². The molecule has 0 saturated carbocycles. The lowest BCUT2D eigenvalue weighted by molar-refractivity contribution is 0.266. The van der Waals surface area contributed by atoms with Crippen LogP contribution < -0.4 is 14.9 Å². The normalized spacial score (nSPS) is 18.6. The minimum atomic E-state index is -3.13. The van der Waals surface area contributed by atoms with Gasteiger partial charge in [0.1, 0.15) is 18.0 Å². The largest absolute Gasteiger partial charge is 0.394 e. The first-order valence-corrected chi connectivity index (χ1v) is 9.27. The molecule has 1 aromatic heterocycles. The van der Waals surface area contributed by atoms with E-state index in [0.717, 1.165) is 31.5 Å². The number of rotatable bonds is 8. The zero-order valence-corrected chi connectivity index (χ0v) is 13.5. The Morgan fingerprint density at radius 2 is 2.23 bits per heavy atom. The van der Waals surface area contributed by atoms with E-state index in [-0.39, 0.29) is 12.6 Å². The fourth-order valence-electron chi connectivity index (χ4n) is 2.49. The molecule has 8 nitrogen and oxygen atoms in total. The van der Waals surface area contributed by atoms with E-state index in [9.17, 15) is 13.5 Å². The second-order valence-corrected chi connectivity index (χ2v) is 7.21. The minimum absolute atomic E-state index is 0.127. The summed E-state index contributed by atoms with van der Waals surface area (Å²) in [7, 11) is -3.13. The van der Waals surface area contributed by atoms with Gasteiger partial charge in [0.05, 0.1) is 18.9 Å². The van der Waals surface area contributed by atoms with Crippen LogP contribution in [0, 0.1) is 0 Å². The summed E-state index contributed by atoms with van der Waals surface area (Å²) in [6.45, 7) is 2.02. The third kappa shape index (κ3) is 5.08. The van der Waals surface area contributed by atoms with Crippen molar-refractivity contribution >= 4 is 21.7 Å². The molecule has 2 rings (SSSR count). The van der Waals surface area contributed by atoms with Crippen molar-refractivity contribution in [1.29, 1.82) is 0 Å². The molecule has 0 aromatic carbocycles. The Balaban J connectivity index is 1.84. The molecule has 1 aliphatic rings. The Labute approximate surface area is 131 Å². The molecule has 0 bridgehead atoms. The number of hydrogen-bond donors (Lipinski definition) is 3. The molecular formula is C13H23N5O3S. The number of nitrogens with zero attached hydrogens (tertiary/aromatic N) is 3. The monoisotopic (exact) mass is 329 g/mol. The molecule has 124 valence electrons. The predicted octanol–water partition coefficient (Wildman–Crippen LogP) is -0.211. The minimum Gasteiger partial charge on any atom is -0.394 e. The molecule has 1 saturated heterocycles. The third-order valence-corrected chi connectivity index (χ3v) is 4.29. The fraction of sp³-hybridized carbons (Fsp3) is 0.692. The summed E-state index contributed by atoms with van der Waals surface area (Å²) in [4.78, 5) is 10.5. The van der Waals surface area contributed by atoms with Crippen LogP contribution in [-0.2, 0) is 10.0 Å². The highest BCUT2D eigenvalue weighted by molar-refractivity contribution is 7.88. The topological polar surface area (TPSA) is 107 Å². The number of anilines is 2. The summed E-state index contributed by atoms with van der Waals surface area (Å²) in [6.07, 6.45) is 5.33. The quantitative estimate of drug-likeness (QED) is 0.566. The maximum atomic E-state index is 10.9. The standard InChI is InChI=1S/C13H23N5O3S/c1-22(20,21)17-6-3-5-14-12-8-13(16-10-15-12)18-7-2-4-11(18)9-19/h8,10-11,17,19H,2-7,9H2,1H3,(H,14,15,16)/t11-/m1/s1. The second-order valence-electron chi connectivity index (χ2n) is 5.38. The zero-order valence-electron chi connectivity index (χ0n) is 12.7. The van der Waals surface area contributed by atoms with E-state index in [1.165, 1.54) is 6.33 Å². The average molecular weight is 329 g/mol. The van der Waals surface area contributed by atoms with Gasteiger partial charge >= 0.3 is 0 Å². The summed E-state index contributed by atoms with van der Waals surface area (Å²) in [5.41, 5.74) is 0. The molecule has 2 heterocycles. The molecular weight excluding hydrogens is 306 g/mol. The maximum Gasteiger partial charge on any atom is 0.208 e. The SMILES string of the molecule is CS(=O)(=O)NCCCNc1cc(N2CCC[C@@H]2CO)ncn1. The van der Waals surface area contributed by atoms with Gasteiger partial charge in [0.2, 0.25) is 10.0 Å². The summed E-state index contributed by atoms with van der Waals surface area (Å²) >= 11 is 0. The van der Waals surface area contributed by atoms with Crippen molar-refractivity contribution in [1.82, 2.24) is 14.7 Å². The Bertz CT molecular complexity index is 581. The lowest BCUT2D eigenvalue weighted by Gasteiger charge is -2.24. The van der Waals surface area contributed by atoms with Crippen molar-refractivity contribution < 1.29 is 13.5 Å². The van der Waals surface area contributed by atoms with Gasteiger partial charge in [-0.15, -0.1) is 0 Å². The molecule has 1 aromatic rings. The van der Waals surface area contributed by atoms with Crippen LogP contribution in [0.5, 0.6) is 0 Å². The smallest absolute Gasteiger partial charge is 0.208 e. The summed E-state index contributed by atoms with van der Waals surface area (Å²) in [6, 6.07) is 1.99. The van der Waals surface area contributed by atoms with Crippen LogP contribution in [0.2, 0.25) is 0 Å². The first kappa shape index (κ1) is 16.9. The Morgan fingerprint density at radius 1 is 1.41 bits per heavy atom. The molecule has 1 aliphatic heterocycles. The van der Waals surface area contributed by atoms with Crippen molar-refractivity contribution in [2.75, 3.05) is 42.7 Å². The molecule has 3 N–H and O–H groups in total. The molecule has 9 heteroatoms. The van der Waals surface area contributed by atoms with Crippen molar-refractivity contribution in [2.24, 2.45) is 0 Å². The van der Waals surface area contributed by atoms with Crippen molar-refractivity contribution in [3.8, 4) is 0 Å². The van der Waals surface area contributed by atoms with Crippen LogP contribution in [-0.4, -0.2) is 62.0 Å². The van der Waals surface area contributed by atoms with Crippen molar-refractivity contribution in [2.45, 2.75) is 25.3 Å². The molecule has 0 radical (unpaired) electrons. The van der Waals surface area contributed by atoms with Crippen LogP contribution >= 0.6 is 0 Å². The van der Waals surface area contributed by atoms with E-state index in [1.807, 2.05) is 6.07 Å². The van der Waals surface area contributed by atoms with Gasteiger partial charge in [0.15, 0.2) is 0 Å². The van der Waals surface area contributed by atoms with Gasteiger partial charge in [0.25, 0.3) is 0 Å². The average Bonchev–Trinajstić information content (AvgIpc) is 2.94. The highest BCUT2D eigenvalue weighted by atomic mass is 32.2. The summed E-state index contributed by atoms with van der Waals surface area (Å²) < 4.78 is 24.3. The number of aliphatic hydroxyl groups is 1. The number of aliphatic hydroxyl groups excluding tert-OH is 1. The number of sulfonamides is 1. The lowest BCUT2D eigenvalue weighted by atomic mass is 10.2. The van der Waals surface area contributed by atoms with Gasteiger partial charge in [-0.2, -0.15) is 0 Å². The summed E-state index contributed by atoms with van der Waals surface area (Å²) in [5, 5.41) is 12.5. The van der Waals surface area contributed by atoms with Crippen LogP contribution in [0.25, 0.3) is 0 Å². The van der Waals surface area contributed by atoms with Crippen LogP contribution in [0.4, 0.5) is 11.6 Å². The maximum absolute atomic E-state index is 10.9. The summed E-state index contributed by atoms with van der Waals surface area (Å²) in [5.74, 6) is 1.51. The Morgan fingerprint density at radius 3 is 2.95 bits per heavy atom. The first-order chi connectivity index (χ1) is 10.5. The lowest BCUT2D eigenvalue weighted by Crippen LogP contribution is -2.32. The van der Waals surface area contributed by atoms with Crippen molar-refractivity contribution in [3.05, 3.63) is 12.4 Å². The molecule has 22 heavy (non-hydrogen) atoms. The van der Waals surface area contributed by atoms with E-state index < -0.39 is 10.0 Å². The Kier molecular flexibility index (Phi) is 5.92. The van der Waals surface area contributed by atoms with E-state index in [0.29, 0.717) is 25.3 Å². The van der Waals surface area contributed by atoms with Gasteiger partial charge in [0, 0.05) is 25.7 Å². The van der Waals surface area contributed by atoms with Gasteiger partial charge in [-0.3, -0.25) is 0 Å². The fourth-order valence-corrected chi connectivity index (χ4v) is 3.01. The van der Waals surface area contributed by atoms with E-state index in [4.69, 9.17) is 0 Å². The highest BCUT2D eigenvalue weighted by Crippen LogP contribution is 2.24. The zero-order chi connectivity index (χ0) is 16.0. The highest BCUT2D eigenvalue weighted by Gasteiger charge is 2.25. The van der Waals surface area contributed by atoms with Crippen LogP contribution in [0.15, 0.2) is 12.4 Å². The van der Waals surface area contributed by atoms with Crippen molar-refractivity contribution in [3.63, 3.8) is 0 Å². The molecule has 0 spiro atoms. The van der Waals surface area contributed by atoms with Gasteiger partial charge in [-0.05, 0) is 19.3 Å². The molecule has 1 fully saturated rings. The number of hydrogen-bond acceptors (Lipinski definition) is 7. The van der Waals surface area contributed by atoms with E-state index in [2.05, 4.69) is 24.9 Å². The molecule has 0 aliphatic carbocycles. The number of aromatic nitrogens is 2. The van der Waals surface area contributed by atoms with Gasteiger partial charge < -0.3 is 15.3 Å². The number of nitrogens with one attached hydrogen (secondary N) is 2. The Hall–Kier alpha value is -1.45. The second kappa shape index (κ2) is 7.70. The van der Waals surface area contributed by atoms with Gasteiger partial charge in [-0.1, -0.05) is 0 Å². The third-order valence-electron chi connectivity index (χ3n) is 3.56.